The third-order valence-electron chi connectivity index (χ3n) is 9.65. The molecule has 2 aliphatic heterocycles. The van der Waals surface area contributed by atoms with Gasteiger partial charge in [-0.25, -0.2) is 14.2 Å². The Labute approximate surface area is 278 Å². The second-order valence-electron chi connectivity index (χ2n) is 12.5. The van der Waals surface area contributed by atoms with Gasteiger partial charge in [-0.2, -0.15) is 0 Å². The van der Waals surface area contributed by atoms with Crippen LogP contribution in [0.1, 0.15) is 44.7 Å². The van der Waals surface area contributed by atoms with Gasteiger partial charge in [0.15, 0.2) is 0 Å². The molecule has 246 valence electrons. The third-order valence-corrected chi connectivity index (χ3v) is 9.65. The summed E-state index contributed by atoms with van der Waals surface area (Å²) in [6, 6.07) is 17.1. The molecule has 0 atom stereocenters. The van der Waals surface area contributed by atoms with E-state index < -0.39 is 11.8 Å². The number of hydrogen-bond donors (Lipinski definition) is 0. The van der Waals surface area contributed by atoms with E-state index in [0.717, 1.165) is 70.2 Å². The number of nitrogens with zero attached hydrogens (tertiary/aromatic N) is 5. The van der Waals surface area contributed by atoms with E-state index in [-0.39, 0.29) is 11.1 Å². The zero-order valence-electron chi connectivity index (χ0n) is 27.6. The smallest absolute Gasteiger partial charge is 0.337 e. The average molecular weight is 648 g/mol. The summed E-state index contributed by atoms with van der Waals surface area (Å²) < 4.78 is 29.0. The largest absolute Gasteiger partial charge is 0.497 e. The highest BCUT2D eigenvalue weighted by Crippen LogP contribution is 2.32. The Morgan fingerprint density at radius 3 is 2.50 bits per heavy atom. The Morgan fingerprint density at radius 1 is 0.979 bits per heavy atom. The van der Waals surface area contributed by atoms with Gasteiger partial charge in [-0.05, 0) is 78.9 Å². The van der Waals surface area contributed by atoms with Crippen LogP contribution in [0.2, 0.25) is 0 Å². The highest BCUT2D eigenvalue weighted by molar-refractivity contribution is 5.90. The van der Waals surface area contributed by atoms with Crippen LogP contribution in [0.25, 0.3) is 22.3 Å². The molecule has 0 fully saturated rings. The summed E-state index contributed by atoms with van der Waals surface area (Å²) in [5.74, 6) is -0.131. The molecular formula is C38H38FN5O4. The van der Waals surface area contributed by atoms with Gasteiger partial charge in [-0.3, -0.25) is 14.3 Å². The van der Waals surface area contributed by atoms with Crippen molar-refractivity contribution in [3.63, 3.8) is 0 Å². The summed E-state index contributed by atoms with van der Waals surface area (Å²) in [7, 11) is 4.96. The molecule has 0 N–H and O–H groups in total. The molecule has 0 bridgehead atoms. The van der Waals surface area contributed by atoms with Crippen LogP contribution in [0.15, 0.2) is 77.9 Å². The molecule has 10 heteroatoms. The van der Waals surface area contributed by atoms with Crippen molar-refractivity contribution in [3.05, 3.63) is 123 Å². The first kappa shape index (κ1) is 31.4. The number of ether oxygens (including phenoxy) is 2. The average Bonchev–Trinajstić information content (AvgIpc) is 3.65. The number of aryl methyl sites for hydroxylation is 2. The fraction of sp³-hybridized carbons (Fsp3) is 0.289. The van der Waals surface area contributed by atoms with E-state index in [9.17, 15) is 9.59 Å². The molecule has 0 saturated heterocycles. The highest BCUT2D eigenvalue weighted by atomic mass is 19.1. The van der Waals surface area contributed by atoms with Crippen LogP contribution in [-0.4, -0.2) is 58.8 Å². The van der Waals surface area contributed by atoms with Crippen molar-refractivity contribution in [3.8, 4) is 11.4 Å². The van der Waals surface area contributed by atoms with Crippen LogP contribution in [0.3, 0.4) is 0 Å². The van der Waals surface area contributed by atoms with Gasteiger partial charge in [-0.15, -0.1) is 0 Å². The van der Waals surface area contributed by atoms with Gasteiger partial charge >= 0.3 is 5.97 Å². The Bertz CT molecular complexity index is 2110. The Hall–Kier alpha value is -5.22. The maximum Gasteiger partial charge on any atom is 0.337 e. The maximum absolute atomic E-state index is 15.1. The minimum Gasteiger partial charge on any atom is -0.497 e. The van der Waals surface area contributed by atoms with Gasteiger partial charge in [0.05, 0.1) is 25.5 Å². The number of esters is 1. The number of anilines is 1. The predicted octanol–water partition coefficient (Wildman–Crippen LogP) is 5.82. The molecule has 9 nitrogen and oxygen atoms in total. The lowest BCUT2D eigenvalue weighted by molar-refractivity contribution is 0.0600. The number of carbonyl (C=O) groups excluding carboxylic acids is 1. The number of benzene rings is 2. The van der Waals surface area contributed by atoms with Crippen LogP contribution < -0.4 is 15.2 Å². The lowest BCUT2D eigenvalue weighted by Crippen LogP contribution is -2.29. The SMILES string of the molecule is COC(=O)c1cc(C)c(C2=CCN(Cc3cc4c(-n5ccc6c(c5=O)CCN6Cc5ccc(OC)cc5)ccnc4n3C)CC2)c(F)c1. The van der Waals surface area contributed by atoms with Crippen LogP contribution >= 0.6 is 0 Å². The van der Waals surface area contributed by atoms with E-state index in [1.165, 1.54) is 13.2 Å². The zero-order chi connectivity index (χ0) is 33.5. The molecule has 48 heavy (non-hydrogen) atoms. The van der Waals surface area contributed by atoms with Crippen molar-refractivity contribution in [1.82, 2.24) is 19.0 Å². The van der Waals surface area contributed by atoms with Gasteiger partial charge in [0.2, 0.25) is 0 Å². The number of aromatic nitrogens is 3. The summed E-state index contributed by atoms with van der Waals surface area (Å²) in [5.41, 5.74) is 8.11. The molecule has 5 aromatic rings. The molecular weight excluding hydrogens is 609 g/mol. The van der Waals surface area contributed by atoms with E-state index in [4.69, 9.17) is 9.47 Å². The molecule has 0 radical (unpaired) electrons. The Morgan fingerprint density at radius 2 is 1.79 bits per heavy atom. The minimum atomic E-state index is -0.548. The molecule has 7 rings (SSSR count). The van der Waals surface area contributed by atoms with Crippen LogP contribution in [0.4, 0.5) is 10.1 Å². The molecule has 0 unspecified atom stereocenters. The van der Waals surface area contributed by atoms with Gasteiger partial charge in [0, 0.05) is 80.1 Å². The third kappa shape index (κ3) is 5.66. The normalized spacial score (nSPS) is 14.7. The second kappa shape index (κ2) is 12.8. The standard InChI is InChI=1S/C38H38FN5O4/c1-24-19-27(38(46)48-4)20-32(39)35(24)26-10-15-42(16-11-26)23-28-21-31-34(9-14-40-36(31)41(28)2)44-18-13-33-30(37(44)45)12-17-43(33)22-25-5-7-29(47-3)8-6-25/h5-10,13-14,18-21H,11-12,15-17,22-23H2,1-4H3. The van der Waals surface area contributed by atoms with E-state index in [2.05, 4.69) is 49.7 Å². The lowest BCUT2D eigenvalue weighted by atomic mass is 9.93. The fourth-order valence-corrected chi connectivity index (χ4v) is 7.09. The lowest BCUT2D eigenvalue weighted by Gasteiger charge is -2.27. The molecule has 0 spiro atoms. The van der Waals surface area contributed by atoms with E-state index in [0.29, 0.717) is 37.1 Å². The minimum absolute atomic E-state index is 0.00141. The molecule has 0 amide bonds. The van der Waals surface area contributed by atoms with Gasteiger partial charge in [0.25, 0.3) is 5.56 Å². The number of hydrogen-bond acceptors (Lipinski definition) is 7. The first-order chi connectivity index (χ1) is 23.2. The van der Waals surface area contributed by atoms with Crippen molar-refractivity contribution < 1.29 is 18.7 Å². The number of rotatable bonds is 8. The molecule has 0 aliphatic carbocycles. The quantitative estimate of drug-likeness (QED) is 0.197. The first-order valence-corrected chi connectivity index (χ1v) is 16.1. The fourth-order valence-electron chi connectivity index (χ4n) is 7.09. The number of fused-ring (bicyclic) bond motifs is 2. The topological polar surface area (TPSA) is 81.8 Å². The molecule has 2 aliphatic rings. The number of methoxy groups -OCH3 is 2. The van der Waals surface area contributed by atoms with Crippen molar-refractivity contribution in [1.29, 1.82) is 0 Å². The summed E-state index contributed by atoms with van der Waals surface area (Å²) in [5, 5.41) is 0.918. The van der Waals surface area contributed by atoms with Gasteiger partial charge < -0.3 is 18.9 Å². The van der Waals surface area contributed by atoms with Gasteiger partial charge in [0.1, 0.15) is 17.2 Å². The zero-order valence-corrected chi connectivity index (χ0v) is 27.6. The van der Waals surface area contributed by atoms with Crippen LogP contribution in [-0.2, 0) is 31.3 Å². The van der Waals surface area contributed by atoms with Crippen molar-refractivity contribution in [2.75, 3.05) is 38.8 Å². The molecule has 5 heterocycles. The van der Waals surface area contributed by atoms with Crippen molar-refractivity contribution in [2.45, 2.75) is 32.9 Å². The van der Waals surface area contributed by atoms with Crippen LogP contribution in [0, 0.1) is 12.7 Å². The summed E-state index contributed by atoms with van der Waals surface area (Å²) in [6.45, 7) is 5.43. The molecule has 3 aromatic heterocycles. The Balaban J connectivity index is 1.11. The molecule has 0 saturated carbocycles. The first-order valence-electron chi connectivity index (χ1n) is 16.1. The van der Waals surface area contributed by atoms with Crippen LogP contribution in [0.5, 0.6) is 5.75 Å². The van der Waals surface area contributed by atoms with Crippen molar-refractivity contribution in [2.24, 2.45) is 7.05 Å². The number of carbonyl (C=O) groups is 1. The van der Waals surface area contributed by atoms with E-state index >= 15 is 4.39 Å². The second-order valence-corrected chi connectivity index (χ2v) is 12.5. The van der Waals surface area contributed by atoms with Crippen molar-refractivity contribution >= 4 is 28.3 Å². The highest BCUT2D eigenvalue weighted by Gasteiger charge is 2.25. The molecule has 2 aromatic carbocycles. The van der Waals surface area contributed by atoms with Gasteiger partial charge in [-0.1, -0.05) is 18.2 Å². The summed E-state index contributed by atoms with van der Waals surface area (Å²) >= 11 is 0. The predicted molar refractivity (Wildman–Crippen MR) is 184 cm³/mol. The summed E-state index contributed by atoms with van der Waals surface area (Å²) in [4.78, 5) is 35.1. The maximum atomic E-state index is 15.1. The van der Waals surface area contributed by atoms with E-state index in [1.54, 1.807) is 23.9 Å². The van der Waals surface area contributed by atoms with E-state index in [1.807, 2.05) is 38.4 Å². The summed E-state index contributed by atoms with van der Waals surface area (Å²) in [6.07, 6.45) is 7.09. The monoisotopic (exact) mass is 647 g/mol. The number of pyridine rings is 2. The number of halogens is 1. The Kier molecular flexibility index (Phi) is 8.35.